The summed E-state index contributed by atoms with van der Waals surface area (Å²) < 4.78 is 80.6. The molecule has 34 heavy (non-hydrogen) atoms. The van der Waals surface area contributed by atoms with Gasteiger partial charge in [0, 0.05) is 37.6 Å². The Labute approximate surface area is 199 Å². The lowest BCUT2D eigenvalue weighted by Crippen LogP contribution is -2.51. The SMILES string of the molecule is CCC1CC(N(Cc2cc(C(F)(F)F)cc(C(F)(F)F)c2)c2ncc(Br)cn2)CCN1C(=O)O. The number of hydrogen-bond donors (Lipinski definition) is 1. The lowest BCUT2D eigenvalue weighted by atomic mass is 9.94. The Morgan fingerprint density at radius 2 is 1.68 bits per heavy atom. The third-order valence-electron chi connectivity index (χ3n) is 5.71. The van der Waals surface area contributed by atoms with Gasteiger partial charge < -0.3 is 14.9 Å². The van der Waals surface area contributed by atoms with Crippen molar-refractivity contribution >= 4 is 28.0 Å². The molecule has 0 radical (unpaired) electrons. The number of likely N-dealkylation sites (tertiary alicyclic amines) is 1. The van der Waals surface area contributed by atoms with Crippen molar-refractivity contribution < 1.29 is 36.2 Å². The number of piperidine rings is 1. The second-order valence-corrected chi connectivity index (χ2v) is 8.88. The van der Waals surface area contributed by atoms with Crippen LogP contribution in [-0.2, 0) is 18.9 Å². The molecule has 2 heterocycles. The number of nitrogens with zero attached hydrogens (tertiary/aromatic N) is 4. The minimum atomic E-state index is -4.96. The fourth-order valence-corrected chi connectivity index (χ4v) is 4.28. The van der Waals surface area contributed by atoms with E-state index in [1.54, 1.807) is 4.90 Å². The molecular formula is C21H21BrF6N4O2. The second-order valence-electron chi connectivity index (χ2n) is 7.96. The fourth-order valence-electron chi connectivity index (χ4n) is 4.08. The van der Waals surface area contributed by atoms with Gasteiger partial charge in [0.05, 0.1) is 15.6 Å². The monoisotopic (exact) mass is 554 g/mol. The van der Waals surface area contributed by atoms with Crippen LogP contribution in [0.15, 0.2) is 35.1 Å². The molecule has 1 aliphatic rings. The first-order chi connectivity index (χ1) is 15.8. The molecule has 186 valence electrons. The van der Waals surface area contributed by atoms with Gasteiger partial charge in [-0.3, -0.25) is 0 Å². The highest BCUT2D eigenvalue weighted by Crippen LogP contribution is 2.37. The number of rotatable bonds is 5. The minimum absolute atomic E-state index is 0.0857. The zero-order chi connectivity index (χ0) is 25.3. The zero-order valence-electron chi connectivity index (χ0n) is 17.9. The van der Waals surface area contributed by atoms with E-state index in [1.807, 2.05) is 6.92 Å². The molecule has 6 nitrogen and oxygen atoms in total. The molecule has 1 saturated heterocycles. The van der Waals surface area contributed by atoms with Crippen LogP contribution in [0, 0.1) is 0 Å². The largest absolute Gasteiger partial charge is 0.465 e. The van der Waals surface area contributed by atoms with Crippen LogP contribution < -0.4 is 4.90 Å². The molecule has 2 aromatic rings. The Morgan fingerprint density at radius 1 is 1.12 bits per heavy atom. The van der Waals surface area contributed by atoms with E-state index >= 15 is 0 Å². The molecule has 0 saturated carbocycles. The lowest BCUT2D eigenvalue weighted by Gasteiger charge is -2.42. The number of aromatic nitrogens is 2. The normalized spacial score (nSPS) is 19.2. The highest BCUT2D eigenvalue weighted by atomic mass is 79.9. The Morgan fingerprint density at radius 3 is 2.15 bits per heavy atom. The molecule has 1 aliphatic heterocycles. The number of benzene rings is 1. The Bertz CT molecular complexity index is 984. The summed E-state index contributed by atoms with van der Waals surface area (Å²) in [4.78, 5) is 22.8. The third-order valence-corrected chi connectivity index (χ3v) is 6.12. The van der Waals surface area contributed by atoms with Crippen LogP contribution in [0.1, 0.15) is 42.9 Å². The van der Waals surface area contributed by atoms with Crippen LogP contribution in [0.5, 0.6) is 0 Å². The molecule has 0 bridgehead atoms. The van der Waals surface area contributed by atoms with Crippen molar-refractivity contribution in [2.45, 2.75) is 57.2 Å². The van der Waals surface area contributed by atoms with E-state index in [4.69, 9.17) is 0 Å². The summed E-state index contributed by atoms with van der Waals surface area (Å²) >= 11 is 3.20. The predicted molar refractivity (Wildman–Crippen MR) is 114 cm³/mol. The van der Waals surface area contributed by atoms with Gasteiger partial charge in [-0.2, -0.15) is 26.3 Å². The van der Waals surface area contributed by atoms with Gasteiger partial charge in [0.25, 0.3) is 0 Å². The average molecular weight is 555 g/mol. The topological polar surface area (TPSA) is 69.6 Å². The van der Waals surface area contributed by atoms with E-state index in [1.165, 1.54) is 17.3 Å². The molecule has 1 aromatic carbocycles. The predicted octanol–water partition coefficient (Wildman–Crippen LogP) is 6.20. The first-order valence-corrected chi connectivity index (χ1v) is 11.1. The van der Waals surface area contributed by atoms with E-state index in [0.717, 1.165) is 0 Å². The van der Waals surface area contributed by atoms with Crippen molar-refractivity contribution in [2.24, 2.45) is 0 Å². The summed E-state index contributed by atoms with van der Waals surface area (Å²) in [6.45, 7) is 1.66. The van der Waals surface area contributed by atoms with E-state index in [-0.39, 0.29) is 36.7 Å². The van der Waals surface area contributed by atoms with Crippen LogP contribution in [0.3, 0.4) is 0 Å². The maximum atomic E-state index is 13.3. The summed E-state index contributed by atoms with van der Waals surface area (Å²) in [7, 11) is 0. The molecule has 1 aromatic heterocycles. The molecule has 13 heteroatoms. The van der Waals surface area contributed by atoms with Gasteiger partial charge in [-0.25, -0.2) is 14.8 Å². The maximum Gasteiger partial charge on any atom is 0.416 e. The van der Waals surface area contributed by atoms with Crippen molar-refractivity contribution in [3.8, 4) is 0 Å². The van der Waals surface area contributed by atoms with Crippen LogP contribution in [-0.4, -0.2) is 44.7 Å². The van der Waals surface area contributed by atoms with E-state index in [9.17, 15) is 36.2 Å². The number of halogens is 7. The molecule has 1 amide bonds. The van der Waals surface area contributed by atoms with Gasteiger partial charge in [0.2, 0.25) is 5.95 Å². The molecule has 2 unspecified atom stereocenters. The number of anilines is 1. The van der Waals surface area contributed by atoms with Crippen molar-refractivity contribution in [1.29, 1.82) is 0 Å². The number of carbonyl (C=O) groups is 1. The van der Waals surface area contributed by atoms with Crippen molar-refractivity contribution in [1.82, 2.24) is 14.9 Å². The Kier molecular flexibility index (Phi) is 7.63. The number of hydrogen-bond acceptors (Lipinski definition) is 4. The number of amides is 1. The molecular weight excluding hydrogens is 534 g/mol. The standard InChI is InChI=1S/C21H21BrF6N4O2/c1-2-16-8-17(3-4-31(16)19(33)34)32(18-29-9-15(22)10-30-18)11-12-5-13(20(23,24)25)7-14(6-12)21(26,27)28/h5-7,9-10,16-17H,2-4,8,11H2,1H3,(H,33,34). The summed E-state index contributed by atoms with van der Waals surface area (Å²) in [6, 6.07) is 0.699. The van der Waals surface area contributed by atoms with Crippen LogP contribution in [0.25, 0.3) is 0 Å². The third kappa shape index (κ3) is 6.10. The van der Waals surface area contributed by atoms with Crippen LogP contribution in [0.2, 0.25) is 0 Å². The summed E-state index contributed by atoms with van der Waals surface area (Å²) in [5, 5.41) is 9.43. The van der Waals surface area contributed by atoms with Crippen LogP contribution >= 0.6 is 15.9 Å². The van der Waals surface area contributed by atoms with Crippen molar-refractivity contribution in [3.05, 3.63) is 51.8 Å². The Hall–Kier alpha value is -2.57. The zero-order valence-corrected chi connectivity index (χ0v) is 19.5. The van der Waals surface area contributed by atoms with Gasteiger partial charge in [0.1, 0.15) is 0 Å². The summed E-state index contributed by atoms with van der Waals surface area (Å²) in [5.74, 6) is 0.123. The van der Waals surface area contributed by atoms with Gasteiger partial charge in [-0.05, 0) is 59.0 Å². The quantitative estimate of drug-likeness (QED) is 0.445. The highest BCUT2D eigenvalue weighted by Gasteiger charge is 2.38. The molecule has 2 atom stereocenters. The summed E-state index contributed by atoms with van der Waals surface area (Å²) in [6.07, 6.45) is -7.02. The smallest absolute Gasteiger partial charge is 0.416 e. The molecule has 1 N–H and O–H groups in total. The van der Waals surface area contributed by atoms with Gasteiger partial charge in [0.15, 0.2) is 0 Å². The minimum Gasteiger partial charge on any atom is -0.465 e. The van der Waals surface area contributed by atoms with E-state index in [2.05, 4.69) is 25.9 Å². The van der Waals surface area contributed by atoms with Gasteiger partial charge >= 0.3 is 18.4 Å². The fraction of sp³-hybridized carbons (Fsp3) is 0.476. The highest BCUT2D eigenvalue weighted by molar-refractivity contribution is 9.10. The van der Waals surface area contributed by atoms with Crippen LogP contribution in [0.4, 0.5) is 37.1 Å². The Balaban J connectivity index is 2.02. The molecule has 1 fully saturated rings. The summed E-state index contributed by atoms with van der Waals surface area (Å²) in [5.41, 5.74) is -3.01. The van der Waals surface area contributed by atoms with Gasteiger partial charge in [-0.1, -0.05) is 6.92 Å². The lowest BCUT2D eigenvalue weighted by molar-refractivity contribution is -0.143. The first kappa shape index (κ1) is 26.0. The number of alkyl halides is 6. The molecule has 0 spiro atoms. The molecule has 0 aliphatic carbocycles. The van der Waals surface area contributed by atoms with E-state index < -0.39 is 35.6 Å². The van der Waals surface area contributed by atoms with Crippen molar-refractivity contribution in [2.75, 3.05) is 11.4 Å². The van der Waals surface area contributed by atoms with Gasteiger partial charge in [-0.15, -0.1) is 0 Å². The van der Waals surface area contributed by atoms with Crippen molar-refractivity contribution in [3.63, 3.8) is 0 Å². The van der Waals surface area contributed by atoms with E-state index in [0.29, 0.717) is 35.9 Å². The first-order valence-electron chi connectivity index (χ1n) is 10.3. The molecule has 3 rings (SSSR count). The number of carboxylic acid groups (broad SMARTS) is 1. The maximum absolute atomic E-state index is 13.3. The average Bonchev–Trinajstić information content (AvgIpc) is 2.76. The second kappa shape index (κ2) is 9.96.